The Morgan fingerprint density at radius 1 is 1.40 bits per heavy atom. The Hall–Kier alpha value is -1.35. The lowest BCUT2D eigenvalue weighted by Crippen LogP contribution is -2.27. The van der Waals surface area contributed by atoms with Crippen molar-refractivity contribution in [3.8, 4) is 0 Å². The summed E-state index contributed by atoms with van der Waals surface area (Å²) in [5.41, 5.74) is 5.99. The topological polar surface area (TPSA) is 85.1 Å². The van der Waals surface area contributed by atoms with E-state index in [9.17, 15) is 12.8 Å². The summed E-state index contributed by atoms with van der Waals surface area (Å²) in [6, 6.07) is 3.82. The van der Waals surface area contributed by atoms with E-state index >= 15 is 0 Å². The summed E-state index contributed by atoms with van der Waals surface area (Å²) < 4.78 is 40.1. The normalized spacial score (nSPS) is 11.7. The fraction of sp³-hybridized carbons (Fsp3) is 0.250. The lowest BCUT2D eigenvalue weighted by atomic mass is 10.2. The first-order valence-corrected chi connectivity index (χ1v) is 8.26. The maximum atomic E-state index is 13.6. The van der Waals surface area contributed by atoms with Crippen LogP contribution < -0.4 is 10.5 Å². The van der Waals surface area contributed by atoms with Crippen molar-refractivity contribution in [1.82, 2.24) is 9.71 Å². The molecule has 0 aliphatic rings. The summed E-state index contributed by atoms with van der Waals surface area (Å²) in [6.07, 6.45) is 2.12. The van der Waals surface area contributed by atoms with Gasteiger partial charge in [-0.3, -0.25) is 0 Å². The van der Waals surface area contributed by atoms with Gasteiger partial charge >= 0.3 is 0 Å². The van der Waals surface area contributed by atoms with Crippen molar-refractivity contribution in [1.29, 1.82) is 0 Å². The predicted molar refractivity (Wildman–Crippen MR) is 75.3 cm³/mol. The van der Waals surface area contributed by atoms with Crippen LogP contribution in [0, 0.1) is 5.82 Å². The number of hydrogen-bond acceptors (Lipinski definition) is 5. The van der Waals surface area contributed by atoms with Crippen LogP contribution in [-0.2, 0) is 23.0 Å². The molecule has 0 saturated heterocycles. The maximum Gasteiger partial charge on any atom is 0.243 e. The van der Waals surface area contributed by atoms with Gasteiger partial charge < -0.3 is 5.73 Å². The van der Waals surface area contributed by atoms with Crippen LogP contribution in [-0.4, -0.2) is 19.9 Å². The van der Waals surface area contributed by atoms with Crippen molar-refractivity contribution < 1.29 is 12.8 Å². The highest BCUT2D eigenvalue weighted by atomic mass is 32.2. The summed E-state index contributed by atoms with van der Waals surface area (Å²) in [4.78, 5) is 3.67. The minimum absolute atomic E-state index is 0.155. The molecule has 0 fully saturated rings. The average molecular weight is 315 g/mol. The number of sulfonamides is 1. The average Bonchev–Trinajstić information content (AvgIpc) is 2.92. The van der Waals surface area contributed by atoms with Gasteiger partial charge in [0.15, 0.2) is 0 Å². The lowest BCUT2D eigenvalue weighted by Gasteiger charge is -2.08. The first-order valence-electron chi connectivity index (χ1n) is 5.89. The molecule has 8 heteroatoms. The molecule has 108 valence electrons. The molecule has 1 aromatic heterocycles. The number of nitrogens with two attached hydrogens (primary N) is 1. The van der Waals surface area contributed by atoms with Crippen LogP contribution in [0.3, 0.4) is 0 Å². The lowest BCUT2D eigenvalue weighted by molar-refractivity contribution is 0.556. The fourth-order valence-corrected chi connectivity index (χ4v) is 3.41. The Morgan fingerprint density at radius 2 is 2.20 bits per heavy atom. The highest BCUT2D eigenvalue weighted by molar-refractivity contribution is 7.89. The van der Waals surface area contributed by atoms with E-state index < -0.39 is 15.8 Å². The van der Waals surface area contributed by atoms with Crippen LogP contribution >= 0.6 is 11.3 Å². The van der Waals surface area contributed by atoms with Crippen LogP contribution in [0.4, 0.5) is 4.39 Å². The van der Waals surface area contributed by atoms with Crippen molar-refractivity contribution in [3.63, 3.8) is 0 Å². The largest absolute Gasteiger partial charge is 0.326 e. The number of halogens is 1. The Kier molecular flexibility index (Phi) is 4.81. The zero-order valence-corrected chi connectivity index (χ0v) is 12.2. The van der Waals surface area contributed by atoms with E-state index in [1.807, 2.05) is 5.38 Å². The zero-order chi connectivity index (χ0) is 14.6. The fourth-order valence-electron chi connectivity index (χ4n) is 1.63. The molecule has 1 aromatic carbocycles. The number of nitrogens with zero attached hydrogens (tertiary/aromatic N) is 1. The van der Waals surface area contributed by atoms with Crippen molar-refractivity contribution in [3.05, 3.63) is 46.2 Å². The molecule has 5 nitrogen and oxygen atoms in total. The van der Waals surface area contributed by atoms with Gasteiger partial charge in [-0.25, -0.2) is 22.5 Å². The molecule has 20 heavy (non-hydrogen) atoms. The third kappa shape index (κ3) is 3.60. The summed E-state index contributed by atoms with van der Waals surface area (Å²) >= 11 is 1.44. The van der Waals surface area contributed by atoms with Crippen LogP contribution in [0.1, 0.15) is 10.6 Å². The van der Waals surface area contributed by atoms with Crippen LogP contribution in [0.25, 0.3) is 0 Å². The first-order chi connectivity index (χ1) is 9.53. The van der Waals surface area contributed by atoms with Crippen LogP contribution in [0.5, 0.6) is 0 Å². The molecule has 0 aliphatic carbocycles. The third-order valence-electron chi connectivity index (χ3n) is 2.64. The number of benzene rings is 1. The molecule has 0 radical (unpaired) electrons. The molecule has 0 atom stereocenters. The van der Waals surface area contributed by atoms with Gasteiger partial charge in [0, 0.05) is 31.1 Å². The predicted octanol–water partition coefficient (Wildman–Crippen LogP) is 1.26. The van der Waals surface area contributed by atoms with Crippen molar-refractivity contribution in [2.24, 2.45) is 5.73 Å². The molecule has 0 spiro atoms. The Labute approximate surface area is 120 Å². The zero-order valence-electron chi connectivity index (χ0n) is 10.5. The Bertz CT molecular complexity index is 672. The molecule has 2 rings (SSSR count). The summed E-state index contributed by atoms with van der Waals surface area (Å²) in [5.74, 6) is -0.788. The monoisotopic (exact) mass is 315 g/mol. The molecular weight excluding hydrogens is 301 g/mol. The van der Waals surface area contributed by atoms with E-state index in [0.29, 0.717) is 12.0 Å². The van der Waals surface area contributed by atoms with E-state index in [4.69, 9.17) is 5.73 Å². The molecule has 2 aromatic rings. The minimum atomic E-state index is -3.88. The van der Waals surface area contributed by atoms with E-state index in [2.05, 4.69) is 9.71 Å². The number of nitrogens with one attached hydrogen (secondary N) is 1. The number of rotatable bonds is 6. The molecule has 0 bridgehead atoms. The van der Waals surface area contributed by atoms with Crippen molar-refractivity contribution in [2.45, 2.75) is 17.9 Å². The second-order valence-electron chi connectivity index (χ2n) is 4.04. The highest BCUT2D eigenvalue weighted by Gasteiger charge is 2.19. The van der Waals surface area contributed by atoms with Gasteiger partial charge in [-0.2, -0.15) is 0 Å². The highest BCUT2D eigenvalue weighted by Crippen LogP contribution is 2.16. The van der Waals surface area contributed by atoms with Crippen LogP contribution in [0.15, 0.2) is 34.7 Å². The van der Waals surface area contributed by atoms with Gasteiger partial charge in [-0.15, -0.1) is 11.3 Å². The molecular formula is C12H14FN3O2S2. The summed E-state index contributed by atoms with van der Waals surface area (Å²) in [7, 11) is -3.88. The molecule has 3 N–H and O–H groups in total. The van der Waals surface area contributed by atoms with Crippen molar-refractivity contribution >= 4 is 21.4 Å². The second-order valence-corrected chi connectivity index (χ2v) is 6.76. The number of aromatic nitrogens is 1. The maximum absolute atomic E-state index is 13.6. The quantitative estimate of drug-likeness (QED) is 0.840. The molecule has 0 saturated carbocycles. The van der Waals surface area contributed by atoms with Gasteiger partial charge in [-0.1, -0.05) is 6.07 Å². The van der Waals surface area contributed by atoms with Gasteiger partial charge in [0.2, 0.25) is 10.0 Å². The minimum Gasteiger partial charge on any atom is -0.326 e. The van der Waals surface area contributed by atoms with Gasteiger partial charge in [0.05, 0.1) is 5.01 Å². The standard InChI is InChI=1S/C12H14FN3O2S2/c13-10-2-1-9(8-14)7-11(10)20(17,18)16-4-3-12-15-5-6-19-12/h1-2,5-7,16H,3-4,8,14H2. The molecule has 0 amide bonds. The summed E-state index contributed by atoms with van der Waals surface area (Å²) in [5, 5.41) is 2.64. The van der Waals surface area contributed by atoms with E-state index in [1.54, 1.807) is 6.20 Å². The van der Waals surface area contributed by atoms with Crippen molar-refractivity contribution in [2.75, 3.05) is 6.54 Å². The smallest absolute Gasteiger partial charge is 0.243 e. The molecule has 0 unspecified atom stereocenters. The molecule has 1 heterocycles. The van der Waals surface area contributed by atoms with Gasteiger partial charge in [-0.05, 0) is 17.7 Å². The first kappa shape index (κ1) is 15.0. The van der Waals surface area contributed by atoms with E-state index in [-0.39, 0.29) is 18.0 Å². The summed E-state index contributed by atoms with van der Waals surface area (Å²) in [6.45, 7) is 0.323. The van der Waals surface area contributed by atoms with Gasteiger partial charge in [0.1, 0.15) is 10.7 Å². The third-order valence-corrected chi connectivity index (χ3v) is 4.95. The number of thiazole rings is 1. The Morgan fingerprint density at radius 3 is 2.85 bits per heavy atom. The van der Waals surface area contributed by atoms with Crippen LogP contribution in [0.2, 0.25) is 0 Å². The second kappa shape index (κ2) is 6.40. The SMILES string of the molecule is NCc1ccc(F)c(S(=O)(=O)NCCc2nccs2)c1. The van der Waals surface area contributed by atoms with E-state index in [1.165, 1.54) is 23.5 Å². The molecule has 0 aliphatic heterocycles. The van der Waals surface area contributed by atoms with E-state index in [0.717, 1.165) is 11.1 Å². The number of hydrogen-bond donors (Lipinski definition) is 2. The van der Waals surface area contributed by atoms with Gasteiger partial charge in [0.25, 0.3) is 0 Å². The Balaban J connectivity index is 2.09.